The summed E-state index contributed by atoms with van der Waals surface area (Å²) >= 11 is 0. The number of hydrogen-bond donors (Lipinski definition) is 2. The van der Waals surface area contributed by atoms with E-state index in [-0.39, 0.29) is 0 Å². The summed E-state index contributed by atoms with van der Waals surface area (Å²) in [5.41, 5.74) is 3.01. The maximum Gasteiger partial charge on any atom is 0.228 e. The lowest BCUT2D eigenvalue weighted by molar-refractivity contribution is 0.194. The Kier molecular flexibility index (Phi) is 5.11. The highest BCUT2D eigenvalue weighted by atomic mass is 15.2. The molecule has 0 saturated carbocycles. The quantitative estimate of drug-likeness (QED) is 0.723. The fraction of sp³-hybridized carbons (Fsp3) is 0.400. The van der Waals surface area contributed by atoms with Crippen molar-refractivity contribution < 1.29 is 0 Å². The first kappa shape index (κ1) is 17.6. The van der Waals surface area contributed by atoms with Gasteiger partial charge in [0.2, 0.25) is 5.95 Å². The van der Waals surface area contributed by atoms with Gasteiger partial charge >= 0.3 is 0 Å². The van der Waals surface area contributed by atoms with Crippen LogP contribution in [0.3, 0.4) is 0 Å². The molecule has 140 valence electrons. The third-order valence-electron chi connectivity index (χ3n) is 4.84. The molecule has 0 amide bonds. The minimum Gasteiger partial charge on any atom is -0.348 e. The van der Waals surface area contributed by atoms with Gasteiger partial charge in [-0.25, -0.2) is 19.9 Å². The Bertz CT molecular complexity index is 871. The van der Waals surface area contributed by atoms with Gasteiger partial charge in [0.25, 0.3) is 0 Å². The summed E-state index contributed by atoms with van der Waals surface area (Å²) in [5.74, 6) is 2.84. The highest BCUT2D eigenvalue weighted by Crippen LogP contribution is 2.27. The number of anilines is 2. The van der Waals surface area contributed by atoms with E-state index in [1.807, 2.05) is 38.4 Å². The van der Waals surface area contributed by atoms with Crippen molar-refractivity contribution in [3.8, 4) is 0 Å². The van der Waals surface area contributed by atoms with E-state index in [0.717, 1.165) is 54.8 Å². The molecular weight excluding hydrogens is 338 g/mol. The smallest absolute Gasteiger partial charge is 0.228 e. The van der Waals surface area contributed by atoms with Crippen molar-refractivity contribution in [3.05, 3.63) is 59.6 Å². The largest absolute Gasteiger partial charge is 0.348 e. The Hall–Kier alpha value is -2.80. The number of piperidine rings is 1. The normalized spacial score (nSPS) is 17.8. The molecule has 4 heterocycles. The first-order valence-electron chi connectivity index (χ1n) is 9.42. The maximum absolute atomic E-state index is 4.84. The number of aromatic nitrogens is 5. The second-order valence-corrected chi connectivity index (χ2v) is 7.16. The van der Waals surface area contributed by atoms with Gasteiger partial charge in [-0.3, -0.25) is 4.90 Å². The molecule has 3 aromatic rings. The predicted octanol–water partition coefficient (Wildman–Crippen LogP) is 3.33. The molecule has 0 unspecified atom stereocenters. The number of rotatable bonds is 5. The molecule has 0 spiro atoms. The zero-order valence-electron chi connectivity index (χ0n) is 15.8. The fourth-order valence-electron chi connectivity index (χ4n) is 3.68. The van der Waals surface area contributed by atoms with E-state index in [9.17, 15) is 0 Å². The van der Waals surface area contributed by atoms with Crippen LogP contribution >= 0.6 is 0 Å². The zero-order chi connectivity index (χ0) is 18.6. The summed E-state index contributed by atoms with van der Waals surface area (Å²) in [6.45, 7) is 6.90. The maximum atomic E-state index is 4.84. The van der Waals surface area contributed by atoms with Crippen LogP contribution in [-0.4, -0.2) is 42.9 Å². The number of pyridine rings is 1. The van der Waals surface area contributed by atoms with Gasteiger partial charge in [0.1, 0.15) is 11.6 Å². The molecule has 7 heteroatoms. The van der Waals surface area contributed by atoms with Crippen LogP contribution in [0.5, 0.6) is 0 Å². The third kappa shape index (κ3) is 4.49. The van der Waals surface area contributed by atoms with Gasteiger partial charge < -0.3 is 10.3 Å². The lowest BCUT2D eigenvalue weighted by Crippen LogP contribution is -2.34. The number of nitrogens with one attached hydrogen (secondary N) is 2. The van der Waals surface area contributed by atoms with E-state index in [1.54, 1.807) is 0 Å². The average molecular weight is 363 g/mol. The second-order valence-electron chi connectivity index (χ2n) is 7.16. The molecule has 0 aromatic carbocycles. The third-order valence-corrected chi connectivity index (χ3v) is 4.84. The van der Waals surface area contributed by atoms with Crippen LogP contribution in [0.2, 0.25) is 0 Å². The monoisotopic (exact) mass is 363 g/mol. The summed E-state index contributed by atoms with van der Waals surface area (Å²) in [4.78, 5) is 23.7. The van der Waals surface area contributed by atoms with Crippen molar-refractivity contribution in [3.63, 3.8) is 0 Å². The molecule has 1 aliphatic heterocycles. The van der Waals surface area contributed by atoms with Gasteiger partial charge in [-0.15, -0.1) is 0 Å². The first-order chi connectivity index (χ1) is 13.2. The molecule has 2 N–H and O–H groups in total. The van der Waals surface area contributed by atoms with Crippen LogP contribution in [0.1, 0.15) is 41.7 Å². The molecular formula is C20H25N7. The summed E-state index contributed by atoms with van der Waals surface area (Å²) in [6, 6.07) is 8.10. The summed E-state index contributed by atoms with van der Waals surface area (Å²) in [7, 11) is 0. The highest BCUT2D eigenvalue weighted by molar-refractivity contribution is 5.48. The molecule has 1 fully saturated rings. The molecule has 1 saturated heterocycles. The van der Waals surface area contributed by atoms with Gasteiger partial charge in [0, 0.05) is 41.9 Å². The van der Waals surface area contributed by atoms with Crippen molar-refractivity contribution in [1.82, 2.24) is 29.8 Å². The van der Waals surface area contributed by atoms with E-state index < -0.39 is 0 Å². The molecule has 0 aliphatic carbocycles. The van der Waals surface area contributed by atoms with Gasteiger partial charge in [-0.2, -0.15) is 0 Å². The van der Waals surface area contributed by atoms with Crippen molar-refractivity contribution in [1.29, 1.82) is 0 Å². The average Bonchev–Trinajstić information content (AvgIpc) is 3.14. The molecule has 7 nitrogen and oxygen atoms in total. The minimum absolute atomic E-state index is 0.427. The Morgan fingerprint density at radius 3 is 2.81 bits per heavy atom. The van der Waals surface area contributed by atoms with Crippen LogP contribution in [0.25, 0.3) is 0 Å². The zero-order valence-corrected chi connectivity index (χ0v) is 15.8. The van der Waals surface area contributed by atoms with Crippen LogP contribution in [-0.2, 0) is 6.54 Å². The molecule has 0 radical (unpaired) electrons. The number of imidazole rings is 1. The van der Waals surface area contributed by atoms with Crippen molar-refractivity contribution in [2.45, 2.75) is 39.2 Å². The van der Waals surface area contributed by atoms with Crippen LogP contribution in [0.4, 0.5) is 11.8 Å². The predicted molar refractivity (Wildman–Crippen MR) is 105 cm³/mol. The van der Waals surface area contributed by atoms with E-state index in [0.29, 0.717) is 11.9 Å². The Morgan fingerprint density at radius 1 is 1.19 bits per heavy atom. The topological polar surface area (TPSA) is 82.6 Å². The lowest BCUT2D eigenvalue weighted by Gasteiger charge is -2.32. The number of H-pyrrole nitrogens is 1. The van der Waals surface area contributed by atoms with E-state index in [4.69, 9.17) is 4.98 Å². The molecule has 1 atom stereocenters. The van der Waals surface area contributed by atoms with E-state index in [2.05, 4.69) is 42.3 Å². The van der Waals surface area contributed by atoms with Crippen LogP contribution in [0, 0.1) is 13.8 Å². The number of nitrogens with zero attached hydrogens (tertiary/aromatic N) is 5. The van der Waals surface area contributed by atoms with Gasteiger partial charge in [-0.1, -0.05) is 6.07 Å². The molecule has 0 bridgehead atoms. The Balaban J connectivity index is 1.46. The summed E-state index contributed by atoms with van der Waals surface area (Å²) in [5, 5.41) is 3.25. The SMILES string of the molecule is Cc1cc(C)nc(Nc2cccc([C@@H]3CCCN(Cc4ncc[nH]4)C3)n2)n1. The van der Waals surface area contributed by atoms with Crippen molar-refractivity contribution in [2.75, 3.05) is 18.4 Å². The van der Waals surface area contributed by atoms with Crippen molar-refractivity contribution in [2.24, 2.45) is 0 Å². The number of likely N-dealkylation sites (tertiary alicyclic amines) is 1. The Labute approximate surface area is 159 Å². The molecule has 27 heavy (non-hydrogen) atoms. The highest BCUT2D eigenvalue weighted by Gasteiger charge is 2.23. The molecule has 1 aliphatic rings. The van der Waals surface area contributed by atoms with Gasteiger partial charge in [-0.05, 0) is 51.4 Å². The fourth-order valence-corrected chi connectivity index (χ4v) is 3.68. The molecule has 4 rings (SSSR count). The number of hydrogen-bond acceptors (Lipinski definition) is 6. The van der Waals surface area contributed by atoms with E-state index in [1.165, 1.54) is 6.42 Å². The van der Waals surface area contributed by atoms with E-state index >= 15 is 0 Å². The molecule has 3 aromatic heterocycles. The van der Waals surface area contributed by atoms with Crippen molar-refractivity contribution >= 4 is 11.8 Å². The first-order valence-corrected chi connectivity index (χ1v) is 9.42. The van der Waals surface area contributed by atoms with Gasteiger partial charge in [0.15, 0.2) is 0 Å². The standard InChI is InChI=1S/C20H25N7/c1-14-11-15(2)24-20(23-14)26-18-7-3-6-17(25-18)16-5-4-10-27(12-16)13-19-21-8-9-22-19/h3,6-9,11,16H,4-5,10,12-13H2,1-2H3,(H,21,22)(H,23,24,25,26)/t16-/m1/s1. The summed E-state index contributed by atoms with van der Waals surface area (Å²) in [6.07, 6.45) is 6.02. The number of aryl methyl sites for hydroxylation is 2. The second kappa shape index (κ2) is 7.84. The lowest BCUT2D eigenvalue weighted by atomic mass is 9.94. The van der Waals surface area contributed by atoms with Crippen LogP contribution in [0.15, 0.2) is 36.7 Å². The van der Waals surface area contributed by atoms with Crippen LogP contribution < -0.4 is 5.32 Å². The van der Waals surface area contributed by atoms with Gasteiger partial charge in [0.05, 0.1) is 6.54 Å². The number of aromatic amines is 1. The Morgan fingerprint density at radius 2 is 2.04 bits per heavy atom. The minimum atomic E-state index is 0.427. The summed E-state index contributed by atoms with van der Waals surface area (Å²) < 4.78 is 0.